The van der Waals surface area contributed by atoms with E-state index in [0.717, 1.165) is 35.7 Å². The van der Waals surface area contributed by atoms with Crippen molar-refractivity contribution in [2.45, 2.75) is 77.5 Å². The third-order valence-electron chi connectivity index (χ3n) is 8.60. The number of aliphatic hydroxyl groups is 1. The summed E-state index contributed by atoms with van der Waals surface area (Å²) in [4.78, 5) is 51.4. The third-order valence-corrected chi connectivity index (χ3v) is 8.60. The number of benzene rings is 1. The molecular formula is C33H41N5O4. The summed E-state index contributed by atoms with van der Waals surface area (Å²) in [6.07, 6.45) is 6.08. The summed E-state index contributed by atoms with van der Waals surface area (Å²) in [6, 6.07) is 11.7. The first kappa shape index (κ1) is 29.5. The van der Waals surface area contributed by atoms with E-state index in [1.165, 1.54) is 0 Å². The van der Waals surface area contributed by atoms with Crippen LogP contribution in [0.25, 0.3) is 10.9 Å². The molecule has 1 saturated heterocycles. The molecule has 3 N–H and O–H groups in total. The summed E-state index contributed by atoms with van der Waals surface area (Å²) < 4.78 is 0. The molecule has 0 bridgehead atoms. The predicted molar refractivity (Wildman–Crippen MR) is 162 cm³/mol. The molecule has 3 heterocycles. The minimum Gasteiger partial charge on any atom is -0.385 e. The quantitative estimate of drug-likeness (QED) is 0.409. The fourth-order valence-corrected chi connectivity index (χ4v) is 6.02. The third kappa shape index (κ3) is 5.83. The van der Waals surface area contributed by atoms with Gasteiger partial charge in [0.15, 0.2) is 0 Å². The minimum absolute atomic E-state index is 0.159. The van der Waals surface area contributed by atoms with E-state index in [1.807, 2.05) is 52.0 Å². The lowest BCUT2D eigenvalue weighted by atomic mass is 9.80. The van der Waals surface area contributed by atoms with Gasteiger partial charge in [-0.1, -0.05) is 70.9 Å². The van der Waals surface area contributed by atoms with Crippen LogP contribution in [0.5, 0.6) is 0 Å². The van der Waals surface area contributed by atoms with Crippen molar-refractivity contribution in [1.29, 1.82) is 0 Å². The Morgan fingerprint density at radius 3 is 2.48 bits per heavy atom. The molecule has 1 saturated carbocycles. The SMILES string of the molecule is C=C1CN(C(=O)c2ccc(C3(O)CCCCC3)cn2)[C@@H](C)CN1C(=O)[C@@H](NC(=O)c1cc2ccccc2[nH]1)C(C)(C)C. The lowest BCUT2D eigenvalue weighted by Crippen LogP contribution is -2.60. The van der Waals surface area contributed by atoms with Gasteiger partial charge in [0, 0.05) is 40.9 Å². The monoisotopic (exact) mass is 571 g/mol. The highest BCUT2D eigenvalue weighted by Gasteiger charge is 2.41. The molecule has 0 radical (unpaired) electrons. The maximum atomic E-state index is 13.9. The van der Waals surface area contributed by atoms with E-state index in [9.17, 15) is 19.5 Å². The van der Waals surface area contributed by atoms with Crippen molar-refractivity contribution in [2.24, 2.45) is 5.41 Å². The zero-order valence-corrected chi connectivity index (χ0v) is 24.9. The number of hydrogen-bond acceptors (Lipinski definition) is 5. The van der Waals surface area contributed by atoms with Crippen molar-refractivity contribution in [3.63, 3.8) is 0 Å². The molecule has 3 amide bonds. The van der Waals surface area contributed by atoms with Crippen molar-refractivity contribution in [3.05, 3.63) is 77.9 Å². The number of carbonyl (C=O) groups excluding carboxylic acids is 3. The smallest absolute Gasteiger partial charge is 0.273 e. The van der Waals surface area contributed by atoms with Gasteiger partial charge in [-0.2, -0.15) is 0 Å². The number of hydrogen-bond donors (Lipinski definition) is 3. The number of amides is 3. The maximum Gasteiger partial charge on any atom is 0.273 e. The van der Waals surface area contributed by atoms with E-state index in [4.69, 9.17) is 0 Å². The molecule has 42 heavy (non-hydrogen) atoms. The highest BCUT2D eigenvalue weighted by atomic mass is 16.3. The van der Waals surface area contributed by atoms with Crippen LogP contribution < -0.4 is 5.32 Å². The van der Waals surface area contributed by atoms with Crippen LogP contribution in [-0.2, 0) is 10.4 Å². The normalized spacial score (nSPS) is 19.9. The lowest BCUT2D eigenvalue weighted by Gasteiger charge is -2.43. The number of para-hydroxylation sites is 1. The van der Waals surface area contributed by atoms with Crippen LogP contribution in [0.2, 0.25) is 0 Å². The van der Waals surface area contributed by atoms with Crippen LogP contribution >= 0.6 is 0 Å². The summed E-state index contributed by atoms with van der Waals surface area (Å²) in [7, 11) is 0. The van der Waals surface area contributed by atoms with Crippen molar-refractivity contribution in [2.75, 3.05) is 13.1 Å². The second-order valence-electron chi connectivity index (χ2n) is 12.9. The van der Waals surface area contributed by atoms with E-state index in [-0.39, 0.29) is 42.5 Å². The number of pyridine rings is 1. The molecule has 2 atom stereocenters. The first-order chi connectivity index (χ1) is 19.9. The Bertz CT molecular complexity index is 1460. The molecule has 3 aromatic rings. The first-order valence-corrected chi connectivity index (χ1v) is 14.7. The molecule has 1 aliphatic carbocycles. The van der Waals surface area contributed by atoms with E-state index < -0.39 is 17.1 Å². The summed E-state index contributed by atoms with van der Waals surface area (Å²) in [5, 5.41) is 14.9. The summed E-state index contributed by atoms with van der Waals surface area (Å²) in [6.45, 7) is 12.2. The number of nitrogens with zero attached hydrogens (tertiary/aromatic N) is 3. The summed E-state index contributed by atoms with van der Waals surface area (Å²) in [5.41, 5.74) is 1.28. The maximum absolute atomic E-state index is 13.9. The molecule has 2 aromatic heterocycles. The Hall–Kier alpha value is -3.98. The van der Waals surface area contributed by atoms with Gasteiger partial charge < -0.3 is 25.2 Å². The van der Waals surface area contributed by atoms with E-state index in [1.54, 1.807) is 34.2 Å². The minimum atomic E-state index is -0.881. The Balaban J connectivity index is 1.28. The zero-order valence-electron chi connectivity index (χ0n) is 24.9. The Morgan fingerprint density at radius 2 is 1.83 bits per heavy atom. The Kier molecular flexibility index (Phi) is 7.98. The topological polar surface area (TPSA) is 119 Å². The Morgan fingerprint density at radius 1 is 1.12 bits per heavy atom. The van der Waals surface area contributed by atoms with Gasteiger partial charge in [-0.05, 0) is 43.4 Å². The molecule has 2 aliphatic rings. The average molecular weight is 572 g/mol. The van der Waals surface area contributed by atoms with Gasteiger partial charge in [0.05, 0.1) is 12.1 Å². The molecule has 222 valence electrons. The molecular weight excluding hydrogens is 530 g/mol. The first-order valence-electron chi connectivity index (χ1n) is 14.7. The molecule has 0 spiro atoms. The van der Waals surface area contributed by atoms with Crippen LogP contribution in [0.4, 0.5) is 0 Å². The van der Waals surface area contributed by atoms with Crippen LogP contribution in [-0.4, -0.2) is 67.8 Å². The average Bonchev–Trinajstić information content (AvgIpc) is 3.41. The van der Waals surface area contributed by atoms with Crippen molar-refractivity contribution >= 4 is 28.6 Å². The number of H-pyrrole nitrogens is 1. The molecule has 9 nitrogen and oxygen atoms in total. The fraction of sp³-hybridized carbons (Fsp3) is 0.455. The number of piperazine rings is 1. The Labute approximate surface area is 247 Å². The number of fused-ring (bicyclic) bond motifs is 1. The van der Waals surface area contributed by atoms with Gasteiger partial charge in [-0.15, -0.1) is 0 Å². The lowest BCUT2D eigenvalue weighted by molar-refractivity contribution is -0.135. The zero-order chi connectivity index (χ0) is 30.2. The van der Waals surface area contributed by atoms with Crippen LogP contribution in [0.3, 0.4) is 0 Å². The second kappa shape index (κ2) is 11.4. The second-order valence-corrected chi connectivity index (χ2v) is 12.9. The molecule has 9 heteroatoms. The number of carbonyl (C=O) groups is 3. The van der Waals surface area contributed by atoms with Gasteiger partial charge in [-0.25, -0.2) is 0 Å². The standard InChI is InChI=1S/C33H41N5O4/c1-21-20-38(31(41)28(32(3,4)5)36-29(39)27-17-23-11-7-8-12-25(23)35-27)22(2)19-37(21)30(40)26-14-13-24(18-34-26)33(42)15-9-6-10-16-33/h7-8,11-14,17-18,21,28,35,42H,2,6,9-10,15-16,19-20H2,1,3-5H3,(H,36,39)/t21-,28+/m0/s1. The van der Waals surface area contributed by atoms with Crippen LogP contribution in [0.1, 0.15) is 86.3 Å². The van der Waals surface area contributed by atoms with E-state index in [2.05, 4.69) is 21.9 Å². The van der Waals surface area contributed by atoms with Crippen molar-refractivity contribution < 1.29 is 19.5 Å². The number of rotatable bonds is 5. The fourth-order valence-electron chi connectivity index (χ4n) is 6.02. The highest BCUT2D eigenvalue weighted by Crippen LogP contribution is 2.36. The van der Waals surface area contributed by atoms with Gasteiger partial charge in [0.25, 0.3) is 11.8 Å². The number of aromatic nitrogens is 2. The molecule has 5 rings (SSSR count). The largest absolute Gasteiger partial charge is 0.385 e. The van der Waals surface area contributed by atoms with Gasteiger partial charge >= 0.3 is 0 Å². The molecule has 1 aliphatic heterocycles. The summed E-state index contributed by atoms with van der Waals surface area (Å²) in [5.74, 6) is -0.879. The van der Waals surface area contributed by atoms with Gasteiger partial charge in [0.2, 0.25) is 5.91 Å². The van der Waals surface area contributed by atoms with E-state index >= 15 is 0 Å². The van der Waals surface area contributed by atoms with Crippen LogP contribution in [0.15, 0.2) is 60.9 Å². The summed E-state index contributed by atoms with van der Waals surface area (Å²) >= 11 is 0. The van der Waals surface area contributed by atoms with Crippen molar-refractivity contribution in [1.82, 2.24) is 25.1 Å². The highest BCUT2D eigenvalue weighted by molar-refractivity contribution is 6.00. The van der Waals surface area contributed by atoms with Gasteiger partial charge in [-0.3, -0.25) is 19.4 Å². The van der Waals surface area contributed by atoms with Crippen LogP contribution in [0, 0.1) is 5.41 Å². The molecule has 2 fully saturated rings. The van der Waals surface area contributed by atoms with Crippen molar-refractivity contribution in [3.8, 4) is 0 Å². The van der Waals surface area contributed by atoms with E-state index in [0.29, 0.717) is 24.2 Å². The molecule has 1 aromatic carbocycles. The number of nitrogens with one attached hydrogen (secondary N) is 2. The predicted octanol–water partition coefficient (Wildman–Crippen LogP) is 4.75. The van der Waals surface area contributed by atoms with Gasteiger partial charge in [0.1, 0.15) is 17.4 Å². The molecule has 0 unspecified atom stereocenters. The number of aromatic amines is 1.